The van der Waals surface area contributed by atoms with Crippen LogP contribution < -0.4 is 0 Å². The predicted octanol–water partition coefficient (Wildman–Crippen LogP) is 3.96. The van der Waals surface area contributed by atoms with Gasteiger partial charge in [0, 0.05) is 19.3 Å². The standard InChI is InChI=1S/C12H19N/c1-5-7-12(13-4)8-6-10(2)11(3)9-12/h5-9H2,1-3H3. The molecule has 1 aliphatic carbocycles. The van der Waals surface area contributed by atoms with Gasteiger partial charge in [0.2, 0.25) is 5.54 Å². The third-order valence-electron chi connectivity index (χ3n) is 3.24. The molecule has 72 valence electrons. The highest BCUT2D eigenvalue weighted by molar-refractivity contribution is 5.21. The first-order chi connectivity index (χ1) is 6.13. The van der Waals surface area contributed by atoms with E-state index >= 15 is 0 Å². The number of nitrogens with zero attached hydrogens (tertiary/aromatic N) is 1. The maximum absolute atomic E-state index is 7.31. The van der Waals surface area contributed by atoms with Crippen LogP contribution in [0.5, 0.6) is 0 Å². The number of allylic oxidation sites excluding steroid dienone is 1. The van der Waals surface area contributed by atoms with E-state index in [4.69, 9.17) is 6.57 Å². The molecule has 0 fully saturated rings. The molecule has 1 rings (SSSR count). The van der Waals surface area contributed by atoms with Crippen LogP contribution in [0.15, 0.2) is 11.1 Å². The lowest BCUT2D eigenvalue weighted by Gasteiger charge is -2.27. The van der Waals surface area contributed by atoms with Gasteiger partial charge in [-0.2, -0.15) is 0 Å². The van der Waals surface area contributed by atoms with Crippen molar-refractivity contribution < 1.29 is 0 Å². The lowest BCUT2D eigenvalue weighted by atomic mass is 9.77. The summed E-state index contributed by atoms with van der Waals surface area (Å²) in [7, 11) is 0. The molecule has 1 unspecified atom stereocenters. The van der Waals surface area contributed by atoms with Crippen molar-refractivity contribution in [1.82, 2.24) is 0 Å². The van der Waals surface area contributed by atoms with E-state index in [1.54, 1.807) is 0 Å². The Morgan fingerprint density at radius 2 is 2.08 bits per heavy atom. The van der Waals surface area contributed by atoms with Crippen LogP contribution in [0.1, 0.15) is 52.9 Å². The number of hydrogen-bond acceptors (Lipinski definition) is 0. The van der Waals surface area contributed by atoms with Crippen LogP contribution in [0, 0.1) is 6.57 Å². The fourth-order valence-electron chi connectivity index (χ4n) is 2.20. The highest BCUT2D eigenvalue weighted by atomic mass is 14.8. The minimum absolute atomic E-state index is 0.0433. The molecular weight excluding hydrogens is 158 g/mol. The molecule has 0 aromatic carbocycles. The lowest BCUT2D eigenvalue weighted by molar-refractivity contribution is 0.402. The Balaban J connectivity index is 2.79. The van der Waals surface area contributed by atoms with Gasteiger partial charge in [0.1, 0.15) is 0 Å². The van der Waals surface area contributed by atoms with Crippen molar-refractivity contribution in [3.63, 3.8) is 0 Å². The molecule has 0 amide bonds. The van der Waals surface area contributed by atoms with Gasteiger partial charge in [-0.05, 0) is 26.7 Å². The molecule has 0 aromatic heterocycles. The van der Waals surface area contributed by atoms with Crippen LogP contribution in [0.4, 0.5) is 0 Å². The Labute approximate surface area is 81.7 Å². The first-order valence-corrected chi connectivity index (χ1v) is 5.17. The quantitative estimate of drug-likeness (QED) is 0.444. The highest BCUT2D eigenvalue weighted by Gasteiger charge is 2.38. The Bertz CT molecular complexity index is 257. The summed E-state index contributed by atoms with van der Waals surface area (Å²) in [5.41, 5.74) is 2.92. The summed E-state index contributed by atoms with van der Waals surface area (Å²) in [6.45, 7) is 13.9. The molecular formula is C12H19N. The molecule has 0 spiro atoms. The van der Waals surface area contributed by atoms with Crippen LogP contribution in [0.2, 0.25) is 0 Å². The smallest absolute Gasteiger partial charge is 0.236 e. The van der Waals surface area contributed by atoms with E-state index in [2.05, 4.69) is 25.6 Å². The van der Waals surface area contributed by atoms with Crippen LogP contribution in [0.25, 0.3) is 4.85 Å². The summed E-state index contributed by atoms with van der Waals surface area (Å²) in [5, 5.41) is 0. The van der Waals surface area contributed by atoms with E-state index in [-0.39, 0.29) is 5.54 Å². The molecule has 0 aromatic rings. The fraction of sp³-hybridized carbons (Fsp3) is 0.750. The summed E-state index contributed by atoms with van der Waals surface area (Å²) in [6, 6.07) is 0. The van der Waals surface area contributed by atoms with Crippen molar-refractivity contribution in [3.05, 3.63) is 22.6 Å². The molecule has 0 saturated heterocycles. The van der Waals surface area contributed by atoms with Gasteiger partial charge in [-0.25, -0.2) is 6.57 Å². The summed E-state index contributed by atoms with van der Waals surface area (Å²) in [5.74, 6) is 0. The lowest BCUT2D eigenvalue weighted by Crippen LogP contribution is -2.28. The van der Waals surface area contributed by atoms with Crippen LogP contribution >= 0.6 is 0 Å². The zero-order chi connectivity index (χ0) is 9.90. The average Bonchev–Trinajstić information content (AvgIpc) is 2.12. The minimum Gasteiger partial charge on any atom is -0.310 e. The van der Waals surface area contributed by atoms with Gasteiger partial charge in [-0.1, -0.05) is 18.1 Å². The van der Waals surface area contributed by atoms with E-state index in [1.165, 1.54) is 11.1 Å². The third-order valence-corrected chi connectivity index (χ3v) is 3.24. The van der Waals surface area contributed by atoms with Crippen molar-refractivity contribution in [2.24, 2.45) is 0 Å². The van der Waals surface area contributed by atoms with E-state index in [1.807, 2.05) is 0 Å². The fourth-order valence-corrected chi connectivity index (χ4v) is 2.20. The molecule has 0 N–H and O–H groups in total. The van der Waals surface area contributed by atoms with E-state index in [9.17, 15) is 0 Å². The van der Waals surface area contributed by atoms with Gasteiger partial charge in [0.15, 0.2) is 0 Å². The zero-order valence-corrected chi connectivity index (χ0v) is 8.98. The average molecular weight is 177 g/mol. The topological polar surface area (TPSA) is 4.36 Å². The van der Waals surface area contributed by atoms with Crippen LogP contribution in [-0.4, -0.2) is 5.54 Å². The first-order valence-electron chi connectivity index (χ1n) is 5.17. The zero-order valence-electron chi connectivity index (χ0n) is 8.98. The predicted molar refractivity (Wildman–Crippen MR) is 56.5 cm³/mol. The first kappa shape index (κ1) is 10.3. The second-order valence-corrected chi connectivity index (χ2v) is 4.32. The molecule has 0 aliphatic heterocycles. The van der Waals surface area contributed by atoms with E-state index < -0.39 is 0 Å². The SMILES string of the molecule is [C-]#[N+]C1(CCC)CCC(C)=C(C)C1. The molecule has 13 heavy (non-hydrogen) atoms. The van der Waals surface area contributed by atoms with Gasteiger partial charge in [-0.3, -0.25) is 0 Å². The van der Waals surface area contributed by atoms with Gasteiger partial charge >= 0.3 is 0 Å². The molecule has 0 bridgehead atoms. The highest BCUT2D eigenvalue weighted by Crippen LogP contribution is 2.38. The van der Waals surface area contributed by atoms with Crippen LogP contribution in [-0.2, 0) is 0 Å². The van der Waals surface area contributed by atoms with Gasteiger partial charge in [0.25, 0.3) is 0 Å². The third kappa shape index (κ3) is 2.12. The molecule has 0 heterocycles. The number of hydrogen-bond donors (Lipinski definition) is 0. The summed E-state index contributed by atoms with van der Waals surface area (Å²) in [4.78, 5) is 3.87. The van der Waals surface area contributed by atoms with Crippen molar-refractivity contribution in [2.75, 3.05) is 0 Å². The Morgan fingerprint density at radius 1 is 1.38 bits per heavy atom. The van der Waals surface area contributed by atoms with Crippen molar-refractivity contribution in [1.29, 1.82) is 0 Å². The summed E-state index contributed by atoms with van der Waals surface area (Å²) in [6.07, 6.45) is 5.42. The van der Waals surface area contributed by atoms with E-state index in [0.29, 0.717) is 0 Å². The van der Waals surface area contributed by atoms with Crippen molar-refractivity contribution in [2.45, 2.75) is 58.4 Å². The van der Waals surface area contributed by atoms with Gasteiger partial charge in [0.05, 0.1) is 0 Å². The normalized spacial score (nSPS) is 28.8. The number of rotatable bonds is 2. The largest absolute Gasteiger partial charge is 0.310 e. The maximum atomic E-state index is 7.31. The molecule has 0 saturated carbocycles. The Morgan fingerprint density at radius 3 is 2.54 bits per heavy atom. The molecule has 1 atom stereocenters. The monoisotopic (exact) mass is 177 g/mol. The minimum atomic E-state index is -0.0433. The maximum Gasteiger partial charge on any atom is 0.236 e. The molecule has 1 heteroatoms. The van der Waals surface area contributed by atoms with Gasteiger partial charge < -0.3 is 4.85 Å². The van der Waals surface area contributed by atoms with Gasteiger partial charge in [-0.15, -0.1) is 0 Å². The summed E-state index contributed by atoms with van der Waals surface area (Å²) >= 11 is 0. The Hall–Kier alpha value is -0.770. The van der Waals surface area contributed by atoms with Crippen LogP contribution in [0.3, 0.4) is 0 Å². The molecule has 0 radical (unpaired) electrons. The van der Waals surface area contributed by atoms with Crippen molar-refractivity contribution in [3.8, 4) is 0 Å². The summed E-state index contributed by atoms with van der Waals surface area (Å²) < 4.78 is 0. The molecule has 1 aliphatic rings. The molecule has 1 nitrogen and oxygen atoms in total. The van der Waals surface area contributed by atoms with Crippen molar-refractivity contribution >= 4 is 0 Å². The second-order valence-electron chi connectivity index (χ2n) is 4.32. The van der Waals surface area contributed by atoms with E-state index in [0.717, 1.165) is 32.1 Å². The second kappa shape index (κ2) is 3.96. The Kier molecular flexibility index (Phi) is 3.14.